The van der Waals surface area contributed by atoms with E-state index >= 15 is 0 Å². The van der Waals surface area contributed by atoms with Crippen LogP contribution in [0.15, 0.2) is 48.9 Å². The molecule has 0 atom stereocenters. The smallest absolute Gasteiger partial charge is 0.228 e. The maximum atomic E-state index is 13.7. The first-order chi connectivity index (χ1) is 12.1. The van der Waals surface area contributed by atoms with Crippen LogP contribution in [0.25, 0.3) is 5.82 Å². The number of nitrogens with one attached hydrogen (secondary N) is 1. The van der Waals surface area contributed by atoms with Crippen LogP contribution in [0.1, 0.15) is 11.4 Å². The molecule has 0 bridgehead atoms. The lowest BCUT2D eigenvalue weighted by molar-refractivity contribution is -0.115. The molecule has 128 valence electrons. The number of aryl methyl sites for hydroxylation is 1. The van der Waals surface area contributed by atoms with Crippen molar-refractivity contribution in [3.8, 4) is 11.6 Å². The van der Waals surface area contributed by atoms with E-state index in [1.54, 1.807) is 41.4 Å². The molecule has 0 aliphatic rings. The number of nitrogens with zero attached hydrogens (tertiary/aromatic N) is 3. The van der Waals surface area contributed by atoms with E-state index in [1.165, 1.54) is 19.2 Å². The van der Waals surface area contributed by atoms with Gasteiger partial charge < -0.3 is 10.1 Å². The number of carbonyl (C=O) groups excluding carboxylic acids is 1. The van der Waals surface area contributed by atoms with Gasteiger partial charge in [-0.25, -0.2) is 14.4 Å². The molecule has 0 fully saturated rings. The van der Waals surface area contributed by atoms with E-state index in [4.69, 9.17) is 4.74 Å². The first-order valence-electron chi connectivity index (χ1n) is 7.66. The van der Waals surface area contributed by atoms with Crippen molar-refractivity contribution in [2.45, 2.75) is 13.3 Å². The summed E-state index contributed by atoms with van der Waals surface area (Å²) in [6.07, 6.45) is 5.11. The number of hydrogen-bond donors (Lipinski definition) is 1. The number of methoxy groups -OCH3 is 1. The van der Waals surface area contributed by atoms with E-state index in [0.717, 1.165) is 5.82 Å². The van der Waals surface area contributed by atoms with E-state index in [1.807, 2.05) is 6.92 Å². The van der Waals surface area contributed by atoms with Crippen molar-refractivity contribution in [1.82, 2.24) is 14.5 Å². The Kier molecular flexibility index (Phi) is 4.74. The van der Waals surface area contributed by atoms with E-state index in [-0.39, 0.29) is 18.1 Å². The molecular weight excluding hydrogens is 323 g/mol. The average Bonchev–Trinajstić information content (AvgIpc) is 3.01. The summed E-state index contributed by atoms with van der Waals surface area (Å²) < 4.78 is 20.4. The van der Waals surface area contributed by atoms with Crippen LogP contribution in [0.5, 0.6) is 5.75 Å². The zero-order chi connectivity index (χ0) is 17.8. The third kappa shape index (κ3) is 3.65. The summed E-state index contributed by atoms with van der Waals surface area (Å²) in [6.45, 7) is 1.85. The maximum Gasteiger partial charge on any atom is 0.228 e. The molecule has 0 aliphatic carbocycles. The molecule has 0 spiro atoms. The summed E-state index contributed by atoms with van der Waals surface area (Å²) in [4.78, 5) is 20.8. The number of pyridine rings is 1. The summed E-state index contributed by atoms with van der Waals surface area (Å²) in [5.74, 6) is 0.716. The van der Waals surface area contributed by atoms with Crippen molar-refractivity contribution in [3.63, 3.8) is 0 Å². The highest BCUT2D eigenvalue weighted by atomic mass is 19.1. The average molecular weight is 340 g/mol. The monoisotopic (exact) mass is 340 g/mol. The molecule has 3 aromatic rings. The Bertz CT molecular complexity index is 908. The fourth-order valence-electron chi connectivity index (χ4n) is 2.49. The van der Waals surface area contributed by atoms with Gasteiger partial charge in [0.05, 0.1) is 19.2 Å². The van der Waals surface area contributed by atoms with Gasteiger partial charge in [0, 0.05) is 18.6 Å². The largest absolute Gasteiger partial charge is 0.494 e. The molecule has 2 aromatic heterocycles. The van der Waals surface area contributed by atoms with E-state index in [2.05, 4.69) is 15.3 Å². The summed E-state index contributed by atoms with van der Waals surface area (Å²) in [7, 11) is 1.40. The second-order valence-electron chi connectivity index (χ2n) is 5.41. The molecule has 0 aliphatic heterocycles. The predicted octanol–water partition coefficient (Wildman–Crippen LogP) is 2.90. The number of halogens is 1. The van der Waals surface area contributed by atoms with Crippen molar-refractivity contribution in [2.24, 2.45) is 0 Å². The van der Waals surface area contributed by atoms with Gasteiger partial charge in [-0.15, -0.1) is 0 Å². The summed E-state index contributed by atoms with van der Waals surface area (Å²) in [5.41, 5.74) is 1.11. The molecule has 0 saturated heterocycles. The third-order valence-corrected chi connectivity index (χ3v) is 3.70. The van der Waals surface area contributed by atoms with Gasteiger partial charge in [-0.05, 0) is 36.8 Å². The molecule has 7 heteroatoms. The number of hydrogen-bond acceptors (Lipinski definition) is 4. The quantitative estimate of drug-likeness (QED) is 0.775. The standard InChI is InChI=1S/C18H17FN4O2/c1-12-20-8-9-23(12)18-15(4-3-7-21-18)22-17(24)11-13-5-6-16(25-2)14(19)10-13/h3-10H,11H2,1-2H3,(H,22,24). The minimum Gasteiger partial charge on any atom is -0.494 e. The highest BCUT2D eigenvalue weighted by molar-refractivity contribution is 5.93. The van der Waals surface area contributed by atoms with Crippen molar-refractivity contribution >= 4 is 11.6 Å². The van der Waals surface area contributed by atoms with Gasteiger partial charge >= 0.3 is 0 Å². The molecule has 0 unspecified atom stereocenters. The minimum atomic E-state index is -0.496. The molecule has 1 N–H and O–H groups in total. The number of rotatable bonds is 5. The number of ether oxygens (including phenoxy) is 1. The highest BCUT2D eigenvalue weighted by Crippen LogP contribution is 2.20. The number of benzene rings is 1. The van der Waals surface area contributed by atoms with Gasteiger partial charge in [0.2, 0.25) is 5.91 Å². The Balaban J connectivity index is 1.78. The fraction of sp³-hybridized carbons (Fsp3) is 0.167. The van der Waals surface area contributed by atoms with Gasteiger partial charge in [0.1, 0.15) is 5.82 Å². The lowest BCUT2D eigenvalue weighted by Gasteiger charge is -2.12. The first kappa shape index (κ1) is 16.6. The fourth-order valence-corrected chi connectivity index (χ4v) is 2.49. The molecule has 1 amide bonds. The van der Waals surface area contributed by atoms with Gasteiger partial charge in [-0.3, -0.25) is 9.36 Å². The summed E-state index contributed by atoms with van der Waals surface area (Å²) in [6, 6.07) is 7.95. The van der Waals surface area contributed by atoms with Crippen LogP contribution < -0.4 is 10.1 Å². The first-order valence-corrected chi connectivity index (χ1v) is 7.66. The Hall–Kier alpha value is -3.22. The number of aromatic nitrogens is 3. The highest BCUT2D eigenvalue weighted by Gasteiger charge is 2.12. The van der Waals surface area contributed by atoms with Crippen LogP contribution in [0, 0.1) is 12.7 Å². The third-order valence-electron chi connectivity index (χ3n) is 3.70. The van der Waals surface area contributed by atoms with Crippen LogP contribution in [0.3, 0.4) is 0 Å². The number of carbonyl (C=O) groups is 1. The molecule has 0 saturated carbocycles. The Labute approximate surface area is 144 Å². The van der Waals surface area contributed by atoms with Crippen LogP contribution in [-0.4, -0.2) is 27.6 Å². The second-order valence-corrected chi connectivity index (χ2v) is 5.41. The van der Waals surface area contributed by atoms with E-state index < -0.39 is 5.82 Å². The molecule has 25 heavy (non-hydrogen) atoms. The zero-order valence-corrected chi connectivity index (χ0v) is 13.9. The van der Waals surface area contributed by atoms with Crippen molar-refractivity contribution in [2.75, 3.05) is 12.4 Å². The molecule has 2 heterocycles. The van der Waals surface area contributed by atoms with Crippen LogP contribution in [0.4, 0.5) is 10.1 Å². The Morgan fingerprint density at radius 1 is 1.28 bits per heavy atom. The molecule has 0 radical (unpaired) electrons. The zero-order valence-electron chi connectivity index (χ0n) is 13.9. The van der Waals surface area contributed by atoms with Crippen LogP contribution >= 0.6 is 0 Å². The van der Waals surface area contributed by atoms with Crippen molar-refractivity contribution in [3.05, 3.63) is 66.1 Å². The minimum absolute atomic E-state index is 0.0398. The SMILES string of the molecule is COc1ccc(CC(=O)Nc2cccnc2-n2ccnc2C)cc1F. The number of amides is 1. The van der Waals surface area contributed by atoms with Crippen molar-refractivity contribution < 1.29 is 13.9 Å². The van der Waals surface area contributed by atoms with Gasteiger partial charge in [0.15, 0.2) is 17.4 Å². The van der Waals surface area contributed by atoms with Crippen LogP contribution in [0.2, 0.25) is 0 Å². The Morgan fingerprint density at radius 2 is 2.12 bits per heavy atom. The number of anilines is 1. The van der Waals surface area contributed by atoms with Gasteiger partial charge in [-0.2, -0.15) is 0 Å². The van der Waals surface area contributed by atoms with Crippen LogP contribution in [-0.2, 0) is 11.2 Å². The number of imidazole rings is 1. The lowest BCUT2D eigenvalue weighted by atomic mass is 10.1. The normalized spacial score (nSPS) is 10.5. The molecular formula is C18H17FN4O2. The van der Waals surface area contributed by atoms with E-state index in [9.17, 15) is 9.18 Å². The van der Waals surface area contributed by atoms with Gasteiger partial charge in [-0.1, -0.05) is 6.07 Å². The Morgan fingerprint density at radius 3 is 2.80 bits per heavy atom. The lowest BCUT2D eigenvalue weighted by Crippen LogP contribution is -2.17. The summed E-state index contributed by atoms with van der Waals surface area (Å²) in [5, 5.41) is 2.82. The maximum absolute atomic E-state index is 13.7. The molecule has 1 aromatic carbocycles. The topological polar surface area (TPSA) is 69.0 Å². The molecule has 6 nitrogen and oxygen atoms in total. The van der Waals surface area contributed by atoms with Gasteiger partial charge in [0.25, 0.3) is 0 Å². The van der Waals surface area contributed by atoms with E-state index in [0.29, 0.717) is 17.1 Å². The molecule has 3 rings (SSSR count). The summed E-state index contributed by atoms with van der Waals surface area (Å²) >= 11 is 0. The predicted molar refractivity (Wildman–Crippen MR) is 91.4 cm³/mol. The van der Waals surface area contributed by atoms with Crippen molar-refractivity contribution in [1.29, 1.82) is 0 Å². The second kappa shape index (κ2) is 7.12.